The molecular formula is C23H26N2O3S2. The number of hydrogen-bond acceptors (Lipinski definition) is 6. The van der Waals surface area contributed by atoms with Crippen molar-refractivity contribution in [2.45, 2.75) is 25.6 Å². The van der Waals surface area contributed by atoms with Crippen molar-refractivity contribution in [2.75, 3.05) is 26.0 Å². The third-order valence-corrected chi connectivity index (χ3v) is 7.05. The predicted octanol–water partition coefficient (Wildman–Crippen LogP) is 4.40. The summed E-state index contributed by atoms with van der Waals surface area (Å²) in [6.45, 7) is 3.17. The van der Waals surface area contributed by atoms with Gasteiger partial charge in [0.25, 0.3) is 5.91 Å². The Morgan fingerprint density at radius 1 is 1.13 bits per heavy atom. The average molecular weight is 443 g/mol. The molecule has 7 heteroatoms. The Balaban J connectivity index is 1.52. The fourth-order valence-corrected chi connectivity index (χ4v) is 4.96. The Bertz CT molecular complexity index is 913. The second-order valence-electron chi connectivity index (χ2n) is 6.94. The molecular weight excluding hydrogens is 416 g/mol. The third-order valence-electron chi connectivity index (χ3n) is 4.75. The number of aliphatic imine (C=N–C) groups is 1. The highest BCUT2D eigenvalue weighted by Crippen LogP contribution is 2.26. The molecule has 2 aromatic rings. The van der Waals surface area contributed by atoms with Gasteiger partial charge in [-0.3, -0.25) is 9.79 Å². The Kier molecular flexibility index (Phi) is 8.39. The lowest BCUT2D eigenvalue weighted by Gasteiger charge is -2.17. The molecule has 0 fully saturated rings. The van der Waals surface area contributed by atoms with Crippen LogP contribution in [0.25, 0.3) is 0 Å². The summed E-state index contributed by atoms with van der Waals surface area (Å²) in [5, 5.41) is 0. The molecule has 2 aromatic carbocycles. The number of benzene rings is 2. The molecule has 0 aromatic heterocycles. The van der Waals surface area contributed by atoms with Crippen LogP contribution in [0.1, 0.15) is 34.0 Å². The van der Waals surface area contributed by atoms with Gasteiger partial charge < -0.3 is 9.64 Å². The van der Waals surface area contributed by atoms with E-state index in [1.807, 2.05) is 24.3 Å². The van der Waals surface area contributed by atoms with Gasteiger partial charge in [-0.2, -0.15) is 0 Å². The zero-order valence-corrected chi connectivity index (χ0v) is 18.9. The maximum Gasteiger partial charge on any atom is 0.338 e. The molecule has 0 saturated heterocycles. The first-order valence-electron chi connectivity index (χ1n) is 9.93. The molecule has 0 radical (unpaired) electrons. The van der Waals surface area contributed by atoms with E-state index in [-0.39, 0.29) is 12.5 Å². The van der Waals surface area contributed by atoms with Gasteiger partial charge in [0.15, 0.2) is 6.61 Å². The van der Waals surface area contributed by atoms with Crippen molar-refractivity contribution in [3.8, 4) is 0 Å². The van der Waals surface area contributed by atoms with E-state index in [0.29, 0.717) is 17.9 Å². The van der Waals surface area contributed by atoms with E-state index in [1.54, 1.807) is 47.6 Å². The van der Waals surface area contributed by atoms with Gasteiger partial charge in [-0.05, 0) is 29.2 Å². The van der Waals surface area contributed by atoms with Gasteiger partial charge in [0.1, 0.15) is 4.38 Å². The highest BCUT2D eigenvalue weighted by molar-refractivity contribution is 8.38. The summed E-state index contributed by atoms with van der Waals surface area (Å²) < 4.78 is 6.38. The monoisotopic (exact) mass is 442 g/mol. The topological polar surface area (TPSA) is 59.0 Å². The van der Waals surface area contributed by atoms with Crippen LogP contribution in [0.2, 0.25) is 0 Å². The molecule has 0 unspecified atom stereocenters. The number of thioether (sulfide) groups is 2. The number of rotatable bonds is 8. The number of ether oxygens (including phenoxy) is 1. The summed E-state index contributed by atoms with van der Waals surface area (Å²) in [5.74, 6) is 0.969. The van der Waals surface area contributed by atoms with Crippen LogP contribution < -0.4 is 0 Å². The van der Waals surface area contributed by atoms with Gasteiger partial charge in [-0.25, -0.2) is 4.79 Å². The highest BCUT2D eigenvalue weighted by Gasteiger charge is 2.17. The van der Waals surface area contributed by atoms with Crippen LogP contribution in [0.15, 0.2) is 53.5 Å². The smallest absolute Gasteiger partial charge is 0.338 e. The highest BCUT2D eigenvalue weighted by atomic mass is 32.2. The standard InChI is InChI=1S/C23H26N2O3S2/c1-3-17-8-10-18(11-9-17)14-25(2)21(26)15-28-22(27)20-7-5-4-6-19(20)16-30-23-24-12-13-29-23/h4-11H,3,12-16H2,1-2H3. The van der Waals surface area contributed by atoms with Crippen LogP contribution in [0.5, 0.6) is 0 Å². The Morgan fingerprint density at radius 2 is 1.87 bits per heavy atom. The molecule has 0 saturated carbocycles. The minimum atomic E-state index is -0.471. The maximum absolute atomic E-state index is 12.6. The molecule has 1 aliphatic rings. The molecule has 30 heavy (non-hydrogen) atoms. The quantitative estimate of drug-likeness (QED) is 0.567. The summed E-state index contributed by atoms with van der Waals surface area (Å²) >= 11 is 3.37. The zero-order valence-electron chi connectivity index (χ0n) is 17.3. The Morgan fingerprint density at radius 3 is 2.57 bits per heavy atom. The number of carbonyl (C=O) groups is 2. The number of likely N-dealkylation sites (N-methyl/N-ethyl adjacent to an activating group) is 1. The first-order valence-corrected chi connectivity index (χ1v) is 11.9. The number of nitrogens with zero attached hydrogens (tertiary/aromatic N) is 2. The summed E-state index contributed by atoms with van der Waals surface area (Å²) in [4.78, 5) is 31.0. The van der Waals surface area contributed by atoms with Crippen molar-refractivity contribution >= 4 is 39.8 Å². The SMILES string of the molecule is CCc1ccc(CN(C)C(=O)COC(=O)c2ccccc2CSC2=NCCS2)cc1. The summed E-state index contributed by atoms with van der Waals surface area (Å²) in [6, 6.07) is 15.5. The van der Waals surface area contributed by atoms with Gasteiger partial charge in [0, 0.05) is 25.1 Å². The van der Waals surface area contributed by atoms with E-state index in [2.05, 4.69) is 24.0 Å². The van der Waals surface area contributed by atoms with Crippen LogP contribution >= 0.6 is 23.5 Å². The predicted molar refractivity (Wildman–Crippen MR) is 125 cm³/mol. The first kappa shape index (κ1) is 22.4. The minimum Gasteiger partial charge on any atom is -0.452 e. The van der Waals surface area contributed by atoms with Gasteiger partial charge >= 0.3 is 5.97 Å². The molecule has 0 N–H and O–H groups in total. The van der Waals surface area contributed by atoms with Crippen LogP contribution in [0.3, 0.4) is 0 Å². The van der Waals surface area contributed by atoms with Crippen LogP contribution in [0.4, 0.5) is 0 Å². The van der Waals surface area contributed by atoms with E-state index in [4.69, 9.17) is 4.74 Å². The molecule has 1 heterocycles. The summed E-state index contributed by atoms with van der Waals surface area (Å²) in [7, 11) is 1.72. The molecule has 1 aliphatic heterocycles. The van der Waals surface area contributed by atoms with E-state index in [9.17, 15) is 9.59 Å². The number of aryl methyl sites for hydroxylation is 1. The van der Waals surface area contributed by atoms with Gasteiger partial charge in [0.2, 0.25) is 0 Å². The summed E-state index contributed by atoms with van der Waals surface area (Å²) in [6.07, 6.45) is 0.984. The number of hydrogen-bond donors (Lipinski definition) is 0. The lowest BCUT2D eigenvalue weighted by Crippen LogP contribution is -2.31. The van der Waals surface area contributed by atoms with Crippen LogP contribution in [-0.4, -0.2) is 47.1 Å². The van der Waals surface area contributed by atoms with E-state index in [0.717, 1.165) is 34.2 Å². The molecule has 0 bridgehead atoms. The van der Waals surface area contributed by atoms with Gasteiger partial charge in [-0.15, -0.1) is 0 Å². The maximum atomic E-state index is 12.6. The van der Waals surface area contributed by atoms with Crippen molar-refractivity contribution in [1.29, 1.82) is 0 Å². The van der Waals surface area contributed by atoms with Crippen molar-refractivity contribution < 1.29 is 14.3 Å². The molecule has 0 spiro atoms. The van der Waals surface area contributed by atoms with Crippen LogP contribution in [-0.2, 0) is 28.2 Å². The average Bonchev–Trinajstić information content (AvgIpc) is 3.30. The second kappa shape index (κ2) is 11.2. The largest absolute Gasteiger partial charge is 0.452 e. The van der Waals surface area contributed by atoms with Crippen molar-refractivity contribution in [3.05, 3.63) is 70.8 Å². The van der Waals surface area contributed by atoms with Crippen molar-refractivity contribution in [2.24, 2.45) is 4.99 Å². The van der Waals surface area contributed by atoms with Crippen molar-refractivity contribution in [1.82, 2.24) is 4.90 Å². The number of carbonyl (C=O) groups excluding carboxylic acids is 2. The molecule has 0 aliphatic carbocycles. The normalized spacial score (nSPS) is 13.1. The number of amides is 1. The fraction of sp³-hybridized carbons (Fsp3) is 0.348. The van der Waals surface area contributed by atoms with Crippen LogP contribution in [0, 0.1) is 0 Å². The minimum absolute atomic E-state index is 0.230. The Labute approximate surface area is 186 Å². The number of esters is 1. The van der Waals surface area contributed by atoms with Gasteiger partial charge in [-0.1, -0.05) is 72.9 Å². The van der Waals surface area contributed by atoms with E-state index >= 15 is 0 Å². The molecule has 1 amide bonds. The fourth-order valence-electron chi connectivity index (χ4n) is 2.95. The van der Waals surface area contributed by atoms with Crippen molar-refractivity contribution in [3.63, 3.8) is 0 Å². The van der Waals surface area contributed by atoms with E-state index in [1.165, 1.54) is 5.56 Å². The lowest BCUT2D eigenvalue weighted by molar-refractivity contribution is -0.133. The zero-order chi connectivity index (χ0) is 21.3. The lowest BCUT2D eigenvalue weighted by atomic mass is 10.1. The molecule has 5 nitrogen and oxygen atoms in total. The molecule has 3 rings (SSSR count). The second-order valence-corrected chi connectivity index (χ2v) is 9.24. The first-order chi connectivity index (χ1) is 14.6. The third kappa shape index (κ3) is 6.37. The van der Waals surface area contributed by atoms with Gasteiger partial charge in [0.05, 0.1) is 12.1 Å². The molecule has 0 atom stereocenters. The van der Waals surface area contributed by atoms with E-state index < -0.39 is 5.97 Å². The molecule has 158 valence electrons. The Hall–Kier alpha value is -2.25. The summed E-state index contributed by atoms with van der Waals surface area (Å²) in [5.41, 5.74) is 3.69.